The lowest BCUT2D eigenvalue weighted by molar-refractivity contribution is -0.199. The maximum absolute atomic E-state index is 13.0. The van der Waals surface area contributed by atoms with Crippen LogP contribution < -0.4 is 10.1 Å². The molecule has 0 radical (unpaired) electrons. The Labute approximate surface area is 242 Å². The lowest BCUT2D eigenvalue weighted by atomic mass is 9.43. The first-order valence-electron chi connectivity index (χ1n) is 14.4. The normalized spacial score (nSPS) is 27.1. The second kappa shape index (κ2) is 12.0. The lowest BCUT2D eigenvalue weighted by Crippen LogP contribution is -2.65. The number of carbonyl (C=O) groups is 3. The number of esters is 2. The number of amides is 1. The van der Waals surface area contributed by atoms with Gasteiger partial charge in [0, 0.05) is 19.8 Å². The van der Waals surface area contributed by atoms with Crippen LogP contribution in [0.25, 0.3) is 0 Å². The smallest absolute Gasteiger partial charge is 0.482 e. The van der Waals surface area contributed by atoms with Crippen molar-refractivity contribution in [2.24, 2.45) is 23.2 Å². The zero-order chi connectivity index (χ0) is 30.1. The number of carbonyl (C=O) groups excluding carboxylic acids is 3. The van der Waals surface area contributed by atoms with Gasteiger partial charge in [0.1, 0.15) is 11.3 Å². The molecule has 6 atom stereocenters. The van der Waals surface area contributed by atoms with Gasteiger partial charge in [0.05, 0.1) is 36.7 Å². The van der Waals surface area contributed by atoms with E-state index in [0.717, 1.165) is 12.8 Å². The summed E-state index contributed by atoms with van der Waals surface area (Å²) in [5.74, 6) is -1.25. The summed E-state index contributed by atoms with van der Waals surface area (Å²) in [5, 5.41) is 12.0. The number of benzene rings is 1. The number of para-hydroxylation sites is 1. The Hall–Kier alpha value is -3.10. The minimum Gasteiger partial charge on any atom is -0.496 e. The fourth-order valence-corrected chi connectivity index (χ4v) is 6.66. The van der Waals surface area contributed by atoms with Gasteiger partial charge < -0.3 is 28.8 Å². The highest BCUT2D eigenvalue weighted by Gasteiger charge is 2.68. The molecule has 5 rings (SSSR count). The highest BCUT2D eigenvalue weighted by Crippen LogP contribution is 2.65. The summed E-state index contributed by atoms with van der Waals surface area (Å²) >= 11 is 0. The first-order valence-corrected chi connectivity index (χ1v) is 14.4. The van der Waals surface area contributed by atoms with E-state index in [2.05, 4.69) is 26.1 Å². The SMILES string of the molecule is COc1c(CC(NC(=O)CCC#N)B2OC3CC4CC(C4(C)C)C3(C)O2)cccc1C(=O)OC(C)OC(=O)C(C)C. The van der Waals surface area contributed by atoms with Crippen LogP contribution in [0.1, 0.15) is 83.1 Å². The van der Waals surface area contributed by atoms with Crippen molar-refractivity contribution in [2.75, 3.05) is 7.11 Å². The minimum atomic E-state index is -1.09. The molecule has 0 spiro atoms. The second-order valence-corrected chi connectivity index (χ2v) is 12.4. The molecule has 4 aliphatic rings. The molecule has 1 aromatic rings. The summed E-state index contributed by atoms with van der Waals surface area (Å²) < 4.78 is 29.3. The summed E-state index contributed by atoms with van der Waals surface area (Å²) in [4.78, 5) is 37.8. The van der Waals surface area contributed by atoms with Crippen LogP contribution in [0.4, 0.5) is 0 Å². The number of rotatable bonds is 11. The van der Waals surface area contributed by atoms with Crippen LogP contribution in [0.15, 0.2) is 18.2 Å². The van der Waals surface area contributed by atoms with Gasteiger partial charge >= 0.3 is 19.1 Å². The molecule has 0 aromatic heterocycles. The van der Waals surface area contributed by atoms with Crippen LogP contribution in [0, 0.1) is 34.5 Å². The quantitative estimate of drug-likeness (QED) is 0.239. The van der Waals surface area contributed by atoms with Crippen molar-refractivity contribution in [3.8, 4) is 11.8 Å². The number of methoxy groups -OCH3 is 1. The number of nitriles is 1. The number of nitrogens with one attached hydrogen (secondary N) is 1. The fourth-order valence-electron chi connectivity index (χ4n) is 6.66. The van der Waals surface area contributed by atoms with E-state index < -0.39 is 36.9 Å². The van der Waals surface area contributed by atoms with Gasteiger partial charge in [-0.3, -0.25) is 9.59 Å². The number of nitrogens with zero attached hydrogens (tertiary/aromatic N) is 1. The molecule has 11 heteroatoms. The third-order valence-electron chi connectivity index (χ3n) is 9.09. The second-order valence-electron chi connectivity index (χ2n) is 12.4. The summed E-state index contributed by atoms with van der Waals surface area (Å²) in [5.41, 5.74) is 0.477. The van der Waals surface area contributed by atoms with Crippen LogP contribution in [0.2, 0.25) is 0 Å². The molecule has 3 saturated carbocycles. The monoisotopic (exact) mass is 568 g/mol. The Bertz CT molecular complexity index is 1210. The van der Waals surface area contributed by atoms with E-state index in [1.165, 1.54) is 14.0 Å². The third-order valence-corrected chi connectivity index (χ3v) is 9.09. The molecule has 6 unspecified atom stereocenters. The molecule has 1 N–H and O–H groups in total. The minimum absolute atomic E-state index is 0.0502. The topological polar surface area (TPSA) is 133 Å². The Kier molecular flexibility index (Phi) is 9.05. The fraction of sp³-hybridized carbons (Fsp3) is 0.667. The molecule has 1 heterocycles. The Morgan fingerprint density at radius 1 is 1.17 bits per heavy atom. The van der Waals surface area contributed by atoms with Gasteiger partial charge in [-0.2, -0.15) is 5.26 Å². The zero-order valence-corrected chi connectivity index (χ0v) is 25.0. The molecule has 41 heavy (non-hydrogen) atoms. The van der Waals surface area contributed by atoms with Crippen molar-refractivity contribution in [1.29, 1.82) is 5.26 Å². The Morgan fingerprint density at radius 3 is 2.54 bits per heavy atom. The van der Waals surface area contributed by atoms with Gasteiger partial charge in [-0.1, -0.05) is 39.8 Å². The maximum Gasteiger partial charge on any atom is 0.482 e. The maximum atomic E-state index is 13.0. The standard InChI is InChI=1S/C30H41BN2O8/c1-17(2)27(35)38-18(3)39-28(36)21-11-8-10-19(26(21)37-7)14-24(33-25(34)12-9-13-32)31-40-23-16-20-15-22(29(20,4)5)30(23,6)41-31/h8,10-11,17-18,20,22-24H,9,12,14-16H2,1-7H3,(H,33,34). The van der Waals surface area contributed by atoms with Gasteiger partial charge in [-0.05, 0) is 55.1 Å². The highest BCUT2D eigenvalue weighted by molar-refractivity contribution is 6.48. The van der Waals surface area contributed by atoms with Crippen molar-refractivity contribution in [3.05, 3.63) is 29.3 Å². The van der Waals surface area contributed by atoms with Crippen LogP contribution in [0.3, 0.4) is 0 Å². The molecule has 3 aliphatic carbocycles. The van der Waals surface area contributed by atoms with Gasteiger partial charge in [-0.15, -0.1) is 0 Å². The third kappa shape index (κ3) is 6.09. The van der Waals surface area contributed by atoms with Crippen molar-refractivity contribution in [1.82, 2.24) is 5.32 Å². The predicted molar refractivity (Wildman–Crippen MR) is 149 cm³/mol. The van der Waals surface area contributed by atoms with E-state index >= 15 is 0 Å². The first-order chi connectivity index (χ1) is 19.3. The van der Waals surface area contributed by atoms with Crippen molar-refractivity contribution >= 4 is 25.0 Å². The molecule has 2 bridgehead atoms. The zero-order valence-electron chi connectivity index (χ0n) is 25.0. The molecule has 4 fully saturated rings. The van der Waals surface area contributed by atoms with E-state index in [9.17, 15) is 14.4 Å². The summed E-state index contributed by atoms with van der Waals surface area (Å²) in [6.45, 7) is 11.5. The number of hydrogen-bond donors (Lipinski definition) is 1. The van der Waals surface area contributed by atoms with Crippen LogP contribution in [0.5, 0.6) is 5.75 Å². The van der Waals surface area contributed by atoms with E-state index in [4.69, 9.17) is 28.8 Å². The van der Waals surface area contributed by atoms with Crippen LogP contribution in [-0.4, -0.2) is 56.0 Å². The molecule has 10 nitrogen and oxygen atoms in total. The molecule has 1 saturated heterocycles. The van der Waals surface area contributed by atoms with E-state index in [1.54, 1.807) is 32.0 Å². The van der Waals surface area contributed by atoms with Gasteiger partial charge in [0.25, 0.3) is 0 Å². The van der Waals surface area contributed by atoms with E-state index in [1.807, 2.05) is 6.07 Å². The summed E-state index contributed by atoms with van der Waals surface area (Å²) in [6.07, 6.45) is 1.21. The van der Waals surface area contributed by atoms with Crippen molar-refractivity contribution < 1.29 is 37.9 Å². The lowest BCUT2D eigenvalue weighted by Gasteiger charge is -2.64. The van der Waals surface area contributed by atoms with Crippen LogP contribution in [-0.2, 0) is 34.8 Å². The predicted octanol–water partition coefficient (Wildman–Crippen LogP) is 4.00. The first kappa shape index (κ1) is 30.9. The Morgan fingerprint density at radius 2 is 1.90 bits per heavy atom. The Balaban J connectivity index is 1.56. The summed E-state index contributed by atoms with van der Waals surface area (Å²) in [7, 11) is 0.730. The summed E-state index contributed by atoms with van der Waals surface area (Å²) in [6, 6.07) is 7.07. The highest BCUT2D eigenvalue weighted by atomic mass is 16.7. The molecule has 1 amide bonds. The molecule has 1 aliphatic heterocycles. The number of ether oxygens (including phenoxy) is 3. The van der Waals surface area contributed by atoms with Crippen molar-refractivity contribution in [3.63, 3.8) is 0 Å². The number of hydrogen-bond acceptors (Lipinski definition) is 9. The average Bonchev–Trinajstić information content (AvgIpc) is 3.28. The van der Waals surface area contributed by atoms with Gasteiger partial charge in [0.15, 0.2) is 0 Å². The van der Waals surface area contributed by atoms with Crippen molar-refractivity contribution in [2.45, 2.75) is 97.6 Å². The van der Waals surface area contributed by atoms with E-state index in [-0.39, 0.29) is 53.9 Å². The largest absolute Gasteiger partial charge is 0.496 e. The van der Waals surface area contributed by atoms with Gasteiger partial charge in [0.2, 0.25) is 12.2 Å². The average molecular weight is 568 g/mol. The molecule has 1 aromatic carbocycles. The molecular formula is C30H41BN2O8. The molecular weight excluding hydrogens is 527 g/mol. The van der Waals surface area contributed by atoms with Crippen LogP contribution >= 0.6 is 0 Å². The molecule has 222 valence electrons. The van der Waals surface area contributed by atoms with Gasteiger partial charge in [-0.25, -0.2) is 4.79 Å². The van der Waals surface area contributed by atoms with E-state index in [0.29, 0.717) is 17.4 Å².